The monoisotopic (exact) mass is 430 g/mol. The van der Waals surface area contributed by atoms with Crippen LogP contribution in [0.3, 0.4) is 0 Å². The predicted octanol–water partition coefficient (Wildman–Crippen LogP) is 5.00. The van der Waals surface area contributed by atoms with E-state index in [4.69, 9.17) is 11.6 Å². The highest BCUT2D eigenvalue weighted by molar-refractivity contribution is 7.17. The third kappa shape index (κ3) is 4.07. The molecule has 26 heavy (non-hydrogen) atoms. The second kappa shape index (κ2) is 9.20. The summed E-state index contributed by atoms with van der Waals surface area (Å²) < 4.78 is 0. The Labute approximate surface area is 175 Å². The number of likely N-dealkylation sites (N-methyl/N-ethyl adjacent to an activating group) is 1. The zero-order valence-corrected chi connectivity index (χ0v) is 17.6. The van der Waals surface area contributed by atoms with Crippen molar-refractivity contribution in [2.75, 3.05) is 37.6 Å². The number of hydrogen-bond acceptors (Lipinski definition) is 5. The van der Waals surface area contributed by atoms with Gasteiger partial charge in [-0.2, -0.15) is 0 Å². The highest BCUT2D eigenvalue weighted by Gasteiger charge is 2.21. The number of halogens is 3. The number of thiophene rings is 1. The fraction of sp³-hybridized carbons (Fsp3) is 0.333. The van der Waals surface area contributed by atoms with Crippen LogP contribution in [-0.4, -0.2) is 47.6 Å². The normalized spacial score (nSPS) is 14.8. The van der Waals surface area contributed by atoms with E-state index in [1.807, 2.05) is 18.2 Å². The van der Waals surface area contributed by atoms with Gasteiger partial charge in [0.2, 0.25) is 0 Å². The Bertz CT molecular complexity index is 863. The Morgan fingerprint density at radius 3 is 2.58 bits per heavy atom. The molecule has 1 aliphatic rings. The van der Waals surface area contributed by atoms with Crippen molar-refractivity contribution in [3.05, 3.63) is 41.0 Å². The van der Waals surface area contributed by atoms with Crippen LogP contribution in [0.4, 0.5) is 5.82 Å². The molecule has 4 rings (SSSR count). The molecule has 140 valence electrons. The van der Waals surface area contributed by atoms with E-state index in [1.165, 1.54) is 5.56 Å². The van der Waals surface area contributed by atoms with Crippen molar-refractivity contribution in [1.82, 2.24) is 14.9 Å². The molecule has 3 heterocycles. The first kappa shape index (κ1) is 21.2. The molecule has 4 nitrogen and oxygen atoms in total. The molecule has 0 amide bonds. The topological polar surface area (TPSA) is 32.3 Å². The van der Waals surface area contributed by atoms with Crippen LogP contribution in [0.25, 0.3) is 21.3 Å². The van der Waals surface area contributed by atoms with Crippen LogP contribution in [0.15, 0.2) is 36.0 Å². The molecular formula is C18H21Cl3N4S. The van der Waals surface area contributed by atoms with Crippen molar-refractivity contribution in [3.63, 3.8) is 0 Å². The zero-order chi connectivity index (χ0) is 16.5. The van der Waals surface area contributed by atoms with Crippen LogP contribution in [0, 0.1) is 0 Å². The summed E-state index contributed by atoms with van der Waals surface area (Å²) >= 11 is 7.86. The molecule has 0 spiro atoms. The lowest BCUT2D eigenvalue weighted by atomic mass is 10.1. The molecule has 0 bridgehead atoms. The summed E-state index contributed by atoms with van der Waals surface area (Å²) in [6.07, 6.45) is 1.68. The number of benzene rings is 1. The fourth-order valence-corrected chi connectivity index (χ4v) is 4.34. The van der Waals surface area contributed by atoms with Gasteiger partial charge in [-0.3, -0.25) is 0 Å². The van der Waals surface area contributed by atoms with E-state index in [2.05, 4.69) is 38.1 Å². The molecule has 0 radical (unpaired) electrons. The van der Waals surface area contributed by atoms with Gasteiger partial charge in [0, 0.05) is 42.1 Å². The quantitative estimate of drug-likeness (QED) is 0.584. The number of aromatic nitrogens is 2. The predicted molar refractivity (Wildman–Crippen MR) is 117 cm³/mol. The van der Waals surface area contributed by atoms with E-state index in [-0.39, 0.29) is 24.8 Å². The molecule has 0 unspecified atom stereocenters. The average Bonchev–Trinajstić information content (AvgIpc) is 3.06. The molecule has 1 aromatic carbocycles. The van der Waals surface area contributed by atoms with Crippen LogP contribution in [0.1, 0.15) is 6.92 Å². The third-order valence-corrected chi connectivity index (χ3v) is 5.73. The van der Waals surface area contributed by atoms with Crippen molar-refractivity contribution >= 4 is 63.8 Å². The zero-order valence-electron chi connectivity index (χ0n) is 14.4. The number of piperazine rings is 1. The van der Waals surface area contributed by atoms with Gasteiger partial charge in [0.1, 0.15) is 17.0 Å². The van der Waals surface area contributed by atoms with Crippen LogP contribution in [0.5, 0.6) is 0 Å². The van der Waals surface area contributed by atoms with E-state index in [0.717, 1.165) is 59.3 Å². The third-order valence-electron chi connectivity index (χ3n) is 4.60. The average molecular weight is 432 g/mol. The van der Waals surface area contributed by atoms with Gasteiger partial charge >= 0.3 is 0 Å². The molecule has 1 saturated heterocycles. The van der Waals surface area contributed by atoms with E-state index >= 15 is 0 Å². The summed E-state index contributed by atoms with van der Waals surface area (Å²) in [5, 5.41) is 4.06. The molecule has 3 aromatic rings. The van der Waals surface area contributed by atoms with Gasteiger partial charge in [0.25, 0.3) is 0 Å². The lowest BCUT2D eigenvalue weighted by Crippen LogP contribution is -2.46. The van der Waals surface area contributed by atoms with E-state index in [1.54, 1.807) is 17.7 Å². The maximum Gasteiger partial charge on any atom is 0.141 e. The lowest BCUT2D eigenvalue weighted by Gasteiger charge is -2.35. The number of hydrogen-bond donors (Lipinski definition) is 0. The second-order valence-corrected chi connectivity index (χ2v) is 7.25. The van der Waals surface area contributed by atoms with E-state index < -0.39 is 0 Å². The summed E-state index contributed by atoms with van der Waals surface area (Å²) in [6.45, 7) is 7.50. The molecule has 2 aromatic heterocycles. The molecule has 0 aliphatic carbocycles. The van der Waals surface area contributed by atoms with Gasteiger partial charge in [-0.05, 0) is 24.2 Å². The van der Waals surface area contributed by atoms with Crippen molar-refractivity contribution in [3.8, 4) is 11.1 Å². The van der Waals surface area contributed by atoms with E-state index in [0.29, 0.717) is 0 Å². The van der Waals surface area contributed by atoms with Gasteiger partial charge in [-0.1, -0.05) is 30.7 Å². The number of rotatable bonds is 3. The minimum atomic E-state index is 0. The lowest BCUT2D eigenvalue weighted by molar-refractivity contribution is 0.271. The summed E-state index contributed by atoms with van der Waals surface area (Å²) in [5.41, 5.74) is 2.29. The summed E-state index contributed by atoms with van der Waals surface area (Å²) in [6, 6.07) is 8.00. The molecule has 8 heteroatoms. The van der Waals surface area contributed by atoms with Crippen LogP contribution in [0.2, 0.25) is 5.02 Å². The van der Waals surface area contributed by atoms with Crippen LogP contribution in [-0.2, 0) is 0 Å². The van der Waals surface area contributed by atoms with Crippen molar-refractivity contribution in [2.24, 2.45) is 0 Å². The Kier molecular flexibility index (Phi) is 7.50. The fourth-order valence-electron chi connectivity index (χ4n) is 3.24. The maximum absolute atomic E-state index is 6.19. The molecule has 1 aliphatic heterocycles. The molecule has 1 fully saturated rings. The number of nitrogens with zero attached hydrogens (tertiary/aromatic N) is 4. The van der Waals surface area contributed by atoms with Crippen molar-refractivity contribution in [1.29, 1.82) is 0 Å². The standard InChI is InChI=1S/C18H19ClN4S.2ClH/c1-2-22-6-8-23(9-7-22)17-16-15(11-24-18(16)21-12-20-17)13-4-3-5-14(19)10-13;;/h3-5,10-12H,2,6-9H2,1H3;2*1H. The van der Waals surface area contributed by atoms with Crippen molar-refractivity contribution in [2.45, 2.75) is 6.92 Å². The van der Waals surface area contributed by atoms with Gasteiger partial charge in [0.15, 0.2) is 0 Å². The molecular weight excluding hydrogens is 411 g/mol. The first-order chi connectivity index (χ1) is 11.8. The summed E-state index contributed by atoms with van der Waals surface area (Å²) in [4.78, 5) is 15.0. The second-order valence-electron chi connectivity index (χ2n) is 5.96. The first-order valence-electron chi connectivity index (χ1n) is 8.21. The minimum Gasteiger partial charge on any atom is -0.353 e. The summed E-state index contributed by atoms with van der Waals surface area (Å²) in [5.74, 6) is 1.05. The largest absolute Gasteiger partial charge is 0.353 e. The Morgan fingerprint density at radius 2 is 1.88 bits per heavy atom. The number of anilines is 1. The minimum absolute atomic E-state index is 0. The smallest absolute Gasteiger partial charge is 0.141 e. The van der Waals surface area contributed by atoms with E-state index in [9.17, 15) is 0 Å². The maximum atomic E-state index is 6.19. The van der Waals surface area contributed by atoms with Crippen LogP contribution >= 0.6 is 47.8 Å². The SMILES string of the molecule is CCN1CCN(c2ncnc3scc(-c4cccc(Cl)c4)c23)CC1.Cl.Cl. The molecule has 0 N–H and O–H groups in total. The number of fused-ring (bicyclic) bond motifs is 1. The van der Waals surface area contributed by atoms with Gasteiger partial charge in [-0.15, -0.1) is 36.2 Å². The van der Waals surface area contributed by atoms with Crippen molar-refractivity contribution < 1.29 is 0 Å². The highest BCUT2D eigenvalue weighted by Crippen LogP contribution is 2.38. The van der Waals surface area contributed by atoms with Gasteiger partial charge in [-0.25, -0.2) is 9.97 Å². The van der Waals surface area contributed by atoms with Crippen LogP contribution < -0.4 is 4.90 Å². The summed E-state index contributed by atoms with van der Waals surface area (Å²) in [7, 11) is 0. The first-order valence-corrected chi connectivity index (χ1v) is 9.47. The Balaban J connectivity index is 0.00000121. The van der Waals surface area contributed by atoms with Gasteiger partial charge < -0.3 is 9.80 Å². The Hall–Kier alpha value is -1.11. The molecule has 0 atom stereocenters. The Morgan fingerprint density at radius 1 is 1.12 bits per heavy atom. The molecule has 0 saturated carbocycles. The highest BCUT2D eigenvalue weighted by atomic mass is 35.5. The van der Waals surface area contributed by atoms with Gasteiger partial charge in [0.05, 0.1) is 5.39 Å².